The van der Waals surface area contributed by atoms with E-state index in [1.165, 1.54) is 14.7 Å². The van der Waals surface area contributed by atoms with Crippen molar-refractivity contribution in [3.05, 3.63) is 11.4 Å². The van der Waals surface area contributed by atoms with E-state index in [1.54, 1.807) is 7.05 Å². The number of hydrogen-bond donors (Lipinski definition) is 5. The van der Waals surface area contributed by atoms with Gasteiger partial charge in [-0.25, -0.2) is 9.59 Å². The molecule has 1 saturated carbocycles. The lowest BCUT2D eigenvalue weighted by Crippen LogP contribution is -2.63. The summed E-state index contributed by atoms with van der Waals surface area (Å²) in [6.07, 6.45) is 4.40. The fourth-order valence-corrected chi connectivity index (χ4v) is 6.29. The van der Waals surface area contributed by atoms with E-state index in [9.17, 15) is 24.6 Å². The zero-order valence-electron chi connectivity index (χ0n) is 22.8. The molecule has 4 aliphatic rings. The Morgan fingerprint density at radius 1 is 1.18 bits per heavy atom. The molecule has 0 aromatic rings. The van der Waals surface area contributed by atoms with Crippen LogP contribution in [0.25, 0.3) is 0 Å². The maximum Gasteiger partial charge on any atom is 0.329 e. The number of nitrogens with one attached hydrogen (secondary N) is 2. The van der Waals surface area contributed by atoms with Gasteiger partial charge in [-0.05, 0) is 64.2 Å². The van der Waals surface area contributed by atoms with Gasteiger partial charge in [-0.1, -0.05) is 13.3 Å². The van der Waals surface area contributed by atoms with Crippen LogP contribution in [0, 0.1) is 5.92 Å². The maximum absolute atomic E-state index is 13.5. The lowest BCUT2D eigenvalue weighted by molar-refractivity contribution is -0.132. The first kappa shape index (κ1) is 28.4. The molecule has 0 aromatic carbocycles. The molecule has 12 nitrogen and oxygen atoms in total. The number of nitrogens with two attached hydrogens (primary N) is 1. The van der Waals surface area contributed by atoms with Crippen molar-refractivity contribution in [2.45, 2.75) is 102 Å². The number of rotatable bonds is 9. The number of nitrogens with zero attached hydrogens (tertiary/aromatic N) is 3. The van der Waals surface area contributed by atoms with Crippen molar-refractivity contribution < 1.29 is 29.3 Å². The summed E-state index contributed by atoms with van der Waals surface area (Å²) in [5.74, 6) is -0.240. The number of aliphatic hydroxyl groups excluding tert-OH is 2. The molecule has 3 aliphatic heterocycles. The van der Waals surface area contributed by atoms with Crippen LogP contribution in [0.5, 0.6) is 0 Å². The highest BCUT2D eigenvalue weighted by Crippen LogP contribution is 2.38. The van der Waals surface area contributed by atoms with Crippen molar-refractivity contribution in [1.82, 2.24) is 25.3 Å². The van der Waals surface area contributed by atoms with Crippen molar-refractivity contribution in [1.29, 1.82) is 0 Å². The first-order valence-corrected chi connectivity index (χ1v) is 14.0. The van der Waals surface area contributed by atoms with Gasteiger partial charge in [-0.3, -0.25) is 19.5 Å². The summed E-state index contributed by atoms with van der Waals surface area (Å²) >= 11 is 0. The number of imide groups is 1. The van der Waals surface area contributed by atoms with Crippen molar-refractivity contribution in [3.63, 3.8) is 0 Å². The van der Waals surface area contributed by atoms with Crippen LogP contribution in [-0.4, -0.2) is 99.8 Å². The number of likely N-dealkylation sites (N-methyl/N-ethyl adjacent to an activating group) is 1. The van der Waals surface area contributed by atoms with Crippen molar-refractivity contribution in [3.8, 4) is 0 Å². The Balaban J connectivity index is 1.46. The molecule has 3 unspecified atom stereocenters. The van der Waals surface area contributed by atoms with Gasteiger partial charge < -0.3 is 31.3 Å². The Kier molecular flexibility index (Phi) is 8.73. The second kappa shape index (κ2) is 11.7. The number of ether oxygens (including phenoxy) is 1. The molecule has 4 fully saturated rings. The summed E-state index contributed by atoms with van der Waals surface area (Å²) < 4.78 is 5.63. The molecule has 3 saturated heterocycles. The molecule has 6 N–H and O–H groups in total. The first-order valence-electron chi connectivity index (χ1n) is 14.0. The summed E-state index contributed by atoms with van der Waals surface area (Å²) in [6, 6.07) is -1.04. The second-order valence-corrected chi connectivity index (χ2v) is 11.4. The van der Waals surface area contributed by atoms with Crippen molar-refractivity contribution in [2.24, 2.45) is 11.7 Å². The Morgan fingerprint density at radius 3 is 2.47 bits per heavy atom. The number of amides is 5. The van der Waals surface area contributed by atoms with E-state index in [4.69, 9.17) is 10.5 Å². The summed E-state index contributed by atoms with van der Waals surface area (Å²) in [6.45, 7) is 5.23. The molecule has 3 heterocycles. The third-order valence-electron chi connectivity index (χ3n) is 8.59. The van der Waals surface area contributed by atoms with E-state index in [0.717, 1.165) is 32.1 Å². The molecule has 38 heavy (non-hydrogen) atoms. The second-order valence-electron chi connectivity index (χ2n) is 11.4. The molecule has 0 spiro atoms. The fraction of sp³-hybridized carbons (Fsp3) is 0.808. The third-order valence-corrected chi connectivity index (χ3v) is 8.59. The Morgan fingerprint density at radius 2 is 1.89 bits per heavy atom. The quantitative estimate of drug-likeness (QED) is 0.273. The van der Waals surface area contributed by atoms with Gasteiger partial charge in [-0.2, -0.15) is 0 Å². The number of hydrogen-bond acceptors (Lipinski definition) is 8. The van der Waals surface area contributed by atoms with Crippen LogP contribution < -0.4 is 16.4 Å². The maximum atomic E-state index is 13.5. The summed E-state index contributed by atoms with van der Waals surface area (Å²) in [4.78, 5) is 42.8. The van der Waals surface area contributed by atoms with Crippen molar-refractivity contribution in [2.75, 3.05) is 26.7 Å². The Labute approximate surface area is 224 Å². The molecule has 12 heteroatoms. The van der Waals surface area contributed by atoms with Gasteiger partial charge in [0, 0.05) is 32.8 Å². The van der Waals surface area contributed by atoms with E-state index in [0.29, 0.717) is 38.8 Å². The van der Waals surface area contributed by atoms with Crippen LogP contribution in [0.2, 0.25) is 0 Å². The number of urea groups is 2. The molecule has 0 radical (unpaired) electrons. The molecular formula is C26H44N6O6. The van der Waals surface area contributed by atoms with Crippen LogP contribution in [-0.2, 0) is 9.53 Å². The molecule has 214 valence electrons. The molecule has 0 aromatic heterocycles. The van der Waals surface area contributed by atoms with Gasteiger partial charge >= 0.3 is 12.1 Å². The number of aliphatic hydroxyl groups is 2. The fourth-order valence-electron chi connectivity index (χ4n) is 6.29. The topological polar surface area (TPSA) is 161 Å². The average molecular weight is 537 g/mol. The van der Waals surface area contributed by atoms with E-state index < -0.39 is 29.9 Å². The van der Waals surface area contributed by atoms with Crippen molar-refractivity contribution >= 4 is 18.0 Å². The van der Waals surface area contributed by atoms with Crippen LogP contribution in [0.15, 0.2) is 11.4 Å². The van der Waals surface area contributed by atoms with Gasteiger partial charge in [0.1, 0.15) is 11.4 Å². The minimum absolute atomic E-state index is 0.000918. The minimum atomic E-state index is -1.44. The lowest BCUT2D eigenvalue weighted by Gasteiger charge is -2.46. The van der Waals surface area contributed by atoms with E-state index in [2.05, 4.69) is 10.6 Å². The van der Waals surface area contributed by atoms with Gasteiger partial charge in [0.2, 0.25) is 0 Å². The summed E-state index contributed by atoms with van der Waals surface area (Å²) in [5, 5.41) is 27.8. The highest BCUT2D eigenvalue weighted by Gasteiger charge is 2.49. The first-order chi connectivity index (χ1) is 18.1. The number of unbranched alkanes of at least 4 members (excludes halogenated alkanes) is 1. The molecule has 1 aliphatic carbocycles. The van der Waals surface area contributed by atoms with E-state index in [1.807, 2.05) is 13.8 Å². The highest BCUT2D eigenvalue weighted by atomic mass is 16.5. The zero-order valence-corrected chi connectivity index (χ0v) is 22.8. The lowest BCUT2D eigenvalue weighted by atomic mass is 9.77. The monoisotopic (exact) mass is 536 g/mol. The largest absolute Gasteiger partial charge is 0.385 e. The smallest absolute Gasteiger partial charge is 0.329 e. The van der Waals surface area contributed by atoms with E-state index in [-0.39, 0.29) is 42.0 Å². The molecule has 4 atom stereocenters. The number of carbonyl (C=O) groups excluding carboxylic acids is 3. The van der Waals surface area contributed by atoms with Gasteiger partial charge in [0.15, 0.2) is 12.5 Å². The standard InChI is InChI=1S/C26H44N6O6/c1-4-5-12-31-21(33)19(20(27)28-15-18-7-6-13-38-18)22(34)32(25(31)37)17-10-8-16(9-11-17)14-26(2)23(35)30(3)24(36)29-26/h16-18,22-23,28,34-35H,4-15,27H2,1-3H3,(H,29,36)/b20-19+/t16?,17?,18?,22?,23?,26-/m0/s1. The summed E-state index contributed by atoms with van der Waals surface area (Å²) in [5.41, 5.74) is 5.57. The minimum Gasteiger partial charge on any atom is -0.385 e. The summed E-state index contributed by atoms with van der Waals surface area (Å²) in [7, 11) is 1.57. The van der Waals surface area contributed by atoms with Gasteiger partial charge in [-0.15, -0.1) is 0 Å². The van der Waals surface area contributed by atoms with Crippen LogP contribution >= 0.6 is 0 Å². The molecular weight excluding hydrogens is 492 g/mol. The predicted octanol–water partition coefficient (Wildman–Crippen LogP) is 0.989. The Hall–Kier alpha value is -2.57. The van der Waals surface area contributed by atoms with Crippen LogP contribution in [0.3, 0.4) is 0 Å². The SMILES string of the molecule is CCCCN1C(=O)/C(=C(/N)NCC2CCCO2)C(O)N(C2CCC(C[C@]3(C)NC(=O)N(C)C3O)CC2)C1=O. The van der Waals surface area contributed by atoms with Gasteiger partial charge in [0.05, 0.1) is 11.6 Å². The van der Waals surface area contributed by atoms with Crippen LogP contribution in [0.4, 0.5) is 9.59 Å². The third kappa shape index (κ3) is 5.57. The zero-order chi connectivity index (χ0) is 27.6. The normalized spacial score (nSPS) is 35.7. The average Bonchev–Trinajstić information content (AvgIpc) is 3.47. The predicted molar refractivity (Wildman–Crippen MR) is 139 cm³/mol. The molecule has 0 bridgehead atoms. The van der Waals surface area contributed by atoms with E-state index >= 15 is 0 Å². The van der Waals surface area contributed by atoms with Gasteiger partial charge in [0.25, 0.3) is 5.91 Å². The number of carbonyl (C=O) groups is 3. The molecule has 5 amide bonds. The highest BCUT2D eigenvalue weighted by molar-refractivity contribution is 6.07. The van der Waals surface area contributed by atoms with Crippen LogP contribution in [0.1, 0.15) is 71.6 Å². The molecule has 4 rings (SSSR count). The Bertz CT molecular complexity index is 931.